The molecule has 1 saturated carbocycles. The highest BCUT2D eigenvalue weighted by Gasteiger charge is 2.41. The number of carbonyl (C=O) groups excluding carboxylic acids is 1. The average Bonchev–Trinajstić information content (AvgIpc) is 2.80. The van der Waals surface area contributed by atoms with Crippen LogP contribution in [0, 0.1) is 17.3 Å². The summed E-state index contributed by atoms with van der Waals surface area (Å²) in [6.07, 6.45) is 4.56. The standard InChI is InChI=1S/C16H25NOS/c1-12-6-4-9-16(2,3)14(12)15(18)17-10-8-13-7-5-11-19-13/h5,7,11-12,14H,4,6,8-10H2,1-3H3,(H,17,18)/t12-,14?/m0/s1. The average molecular weight is 279 g/mol. The van der Waals surface area contributed by atoms with E-state index in [1.165, 1.54) is 24.1 Å². The van der Waals surface area contributed by atoms with Crippen molar-refractivity contribution in [2.75, 3.05) is 6.54 Å². The van der Waals surface area contributed by atoms with Crippen molar-refractivity contribution < 1.29 is 4.79 Å². The molecular weight excluding hydrogens is 254 g/mol. The monoisotopic (exact) mass is 279 g/mol. The smallest absolute Gasteiger partial charge is 0.223 e. The van der Waals surface area contributed by atoms with Crippen LogP contribution in [0.4, 0.5) is 0 Å². The number of hydrogen-bond acceptors (Lipinski definition) is 2. The predicted octanol–water partition coefficient (Wildman–Crippen LogP) is 3.87. The second kappa shape index (κ2) is 6.08. The summed E-state index contributed by atoms with van der Waals surface area (Å²) in [4.78, 5) is 13.8. The molecule has 2 rings (SSSR count). The lowest BCUT2D eigenvalue weighted by molar-refractivity contribution is -0.132. The Labute approximate surface area is 120 Å². The van der Waals surface area contributed by atoms with Gasteiger partial charge in [0.1, 0.15) is 0 Å². The molecule has 1 aliphatic carbocycles. The highest BCUT2D eigenvalue weighted by molar-refractivity contribution is 7.09. The summed E-state index contributed by atoms with van der Waals surface area (Å²) >= 11 is 1.76. The Morgan fingerprint density at radius 2 is 2.32 bits per heavy atom. The molecule has 19 heavy (non-hydrogen) atoms. The first kappa shape index (κ1) is 14.6. The summed E-state index contributed by atoms with van der Waals surface area (Å²) < 4.78 is 0. The molecule has 1 aromatic rings. The summed E-state index contributed by atoms with van der Waals surface area (Å²) in [6, 6.07) is 4.19. The van der Waals surface area contributed by atoms with Crippen molar-refractivity contribution in [3.63, 3.8) is 0 Å². The molecule has 1 amide bonds. The van der Waals surface area contributed by atoms with E-state index in [1.54, 1.807) is 11.3 Å². The number of hydrogen-bond donors (Lipinski definition) is 1. The molecule has 0 saturated heterocycles. The first-order valence-electron chi connectivity index (χ1n) is 7.31. The number of amides is 1. The molecule has 0 aromatic carbocycles. The van der Waals surface area contributed by atoms with E-state index in [-0.39, 0.29) is 17.2 Å². The fourth-order valence-electron chi connectivity index (χ4n) is 3.46. The van der Waals surface area contributed by atoms with Gasteiger partial charge in [0.2, 0.25) is 5.91 Å². The predicted molar refractivity (Wildman–Crippen MR) is 81.3 cm³/mol. The third kappa shape index (κ3) is 3.59. The maximum Gasteiger partial charge on any atom is 0.223 e. The van der Waals surface area contributed by atoms with Crippen molar-refractivity contribution in [1.82, 2.24) is 5.32 Å². The molecule has 1 aromatic heterocycles. The maximum absolute atomic E-state index is 12.4. The minimum absolute atomic E-state index is 0.144. The van der Waals surface area contributed by atoms with Crippen molar-refractivity contribution in [2.24, 2.45) is 17.3 Å². The summed E-state index contributed by atoms with van der Waals surface area (Å²) in [5.74, 6) is 0.934. The zero-order valence-electron chi connectivity index (χ0n) is 12.2. The molecular formula is C16H25NOS. The molecule has 0 radical (unpaired) electrons. The number of carbonyl (C=O) groups is 1. The van der Waals surface area contributed by atoms with Crippen LogP contribution < -0.4 is 5.32 Å². The van der Waals surface area contributed by atoms with Gasteiger partial charge in [0.25, 0.3) is 0 Å². The van der Waals surface area contributed by atoms with E-state index >= 15 is 0 Å². The molecule has 1 heterocycles. The van der Waals surface area contributed by atoms with Crippen molar-refractivity contribution in [1.29, 1.82) is 0 Å². The minimum Gasteiger partial charge on any atom is -0.355 e. The van der Waals surface area contributed by atoms with Crippen molar-refractivity contribution in [3.05, 3.63) is 22.4 Å². The van der Waals surface area contributed by atoms with E-state index in [0.29, 0.717) is 5.92 Å². The van der Waals surface area contributed by atoms with E-state index in [2.05, 4.69) is 43.6 Å². The summed E-state index contributed by atoms with van der Waals surface area (Å²) in [5.41, 5.74) is 0.144. The Morgan fingerprint density at radius 1 is 1.53 bits per heavy atom. The SMILES string of the molecule is C[C@H]1CCCC(C)(C)C1C(=O)NCCc1cccs1. The zero-order valence-corrected chi connectivity index (χ0v) is 13.1. The molecule has 2 atom stereocenters. The summed E-state index contributed by atoms with van der Waals surface area (Å²) in [7, 11) is 0. The first-order valence-corrected chi connectivity index (χ1v) is 8.19. The Morgan fingerprint density at radius 3 is 2.95 bits per heavy atom. The second-order valence-electron chi connectivity index (χ2n) is 6.46. The largest absolute Gasteiger partial charge is 0.355 e. The van der Waals surface area contributed by atoms with Crippen LogP contribution in [0.1, 0.15) is 44.9 Å². The number of thiophene rings is 1. The first-order chi connectivity index (χ1) is 9.00. The lowest BCUT2D eigenvalue weighted by atomic mass is 9.64. The molecule has 2 nitrogen and oxygen atoms in total. The van der Waals surface area contributed by atoms with Crippen molar-refractivity contribution >= 4 is 17.2 Å². The van der Waals surface area contributed by atoms with Gasteiger partial charge < -0.3 is 5.32 Å². The van der Waals surface area contributed by atoms with Crippen LogP contribution in [0.5, 0.6) is 0 Å². The highest BCUT2D eigenvalue weighted by atomic mass is 32.1. The molecule has 106 valence electrons. The summed E-state index contributed by atoms with van der Waals surface area (Å²) in [6.45, 7) is 7.47. The van der Waals surface area contributed by atoms with Gasteiger partial charge in [0.15, 0.2) is 0 Å². The summed E-state index contributed by atoms with van der Waals surface area (Å²) in [5, 5.41) is 5.23. The van der Waals surface area contributed by atoms with Gasteiger partial charge in [-0.1, -0.05) is 33.3 Å². The van der Waals surface area contributed by atoms with Crippen LogP contribution >= 0.6 is 11.3 Å². The minimum atomic E-state index is 0.144. The van der Waals surface area contributed by atoms with E-state index < -0.39 is 0 Å². The molecule has 1 fully saturated rings. The Hall–Kier alpha value is -0.830. The zero-order chi connectivity index (χ0) is 13.9. The fraction of sp³-hybridized carbons (Fsp3) is 0.688. The fourth-order valence-corrected chi connectivity index (χ4v) is 4.17. The molecule has 1 aliphatic rings. The van der Waals surface area contributed by atoms with E-state index in [1.807, 2.05) is 0 Å². The third-order valence-electron chi connectivity index (χ3n) is 4.42. The highest BCUT2D eigenvalue weighted by Crippen LogP contribution is 2.43. The van der Waals surface area contributed by atoms with Gasteiger partial charge in [-0.05, 0) is 42.0 Å². The quantitative estimate of drug-likeness (QED) is 0.890. The molecule has 1 N–H and O–H groups in total. The van der Waals surface area contributed by atoms with E-state index in [0.717, 1.165) is 13.0 Å². The van der Waals surface area contributed by atoms with Crippen LogP contribution in [0.15, 0.2) is 17.5 Å². The Balaban J connectivity index is 1.87. The Bertz CT molecular complexity index is 410. The van der Waals surface area contributed by atoms with Gasteiger partial charge in [0, 0.05) is 17.3 Å². The molecule has 0 spiro atoms. The van der Waals surface area contributed by atoms with Gasteiger partial charge >= 0.3 is 0 Å². The van der Waals surface area contributed by atoms with Crippen molar-refractivity contribution in [2.45, 2.75) is 46.5 Å². The second-order valence-corrected chi connectivity index (χ2v) is 7.49. The number of rotatable bonds is 4. The Kier molecular flexibility index (Phi) is 4.67. The van der Waals surface area contributed by atoms with E-state index in [4.69, 9.17) is 0 Å². The van der Waals surface area contributed by atoms with Crippen LogP contribution in [0.3, 0.4) is 0 Å². The molecule has 3 heteroatoms. The van der Waals surface area contributed by atoms with Crippen molar-refractivity contribution in [3.8, 4) is 0 Å². The lowest BCUT2D eigenvalue weighted by Crippen LogP contribution is -2.45. The van der Waals surface area contributed by atoms with Gasteiger partial charge in [-0.3, -0.25) is 4.79 Å². The normalized spacial score (nSPS) is 26.1. The lowest BCUT2D eigenvalue weighted by Gasteiger charge is -2.41. The topological polar surface area (TPSA) is 29.1 Å². The van der Waals surface area contributed by atoms with Crippen LogP contribution in [0.2, 0.25) is 0 Å². The molecule has 0 aliphatic heterocycles. The van der Waals surface area contributed by atoms with Crippen LogP contribution in [0.25, 0.3) is 0 Å². The van der Waals surface area contributed by atoms with Gasteiger partial charge in [-0.15, -0.1) is 11.3 Å². The number of nitrogens with one attached hydrogen (secondary N) is 1. The van der Waals surface area contributed by atoms with Gasteiger partial charge in [-0.25, -0.2) is 0 Å². The van der Waals surface area contributed by atoms with Gasteiger partial charge in [0.05, 0.1) is 0 Å². The molecule has 0 bridgehead atoms. The molecule has 1 unspecified atom stereocenters. The van der Waals surface area contributed by atoms with Crippen LogP contribution in [-0.4, -0.2) is 12.5 Å². The van der Waals surface area contributed by atoms with Crippen LogP contribution in [-0.2, 0) is 11.2 Å². The van der Waals surface area contributed by atoms with Gasteiger partial charge in [-0.2, -0.15) is 0 Å². The van der Waals surface area contributed by atoms with E-state index in [9.17, 15) is 4.79 Å². The maximum atomic E-state index is 12.4. The third-order valence-corrected chi connectivity index (χ3v) is 5.36.